The minimum absolute atomic E-state index is 0.250. The molecular formula is C39H34F6N10O3. The molecule has 0 amide bonds. The third-order valence-corrected chi connectivity index (χ3v) is 8.19. The van der Waals surface area contributed by atoms with Gasteiger partial charge in [0.25, 0.3) is 12.9 Å². The molecule has 1 N–H and O–H groups in total. The summed E-state index contributed by atoms with van der Waals surface area (Å²) in [6, 6.07) is 18.2. The number of carbonyl (C=O) groups excluding carboxylic acids is 2. The summed E-state index contributed by atoms with van der Waals surface area (Å²) < 4.78 is 84.4. The molecule has 13 nitrogen and oxygen atoms in total. The van der Waals surface area contributed by atoms with E-state index in [1.54, 1.807) is 47.1 Å². The maximum absolute atomic E-state index is 13.3. The second kappa shape index (κ2) is 19.2. The summed E-state index contributed by atoms with van der Waals surface area (Å²) in [7, 11) is 0. The van der Waals surface area contributed by atoms with Crippen molar-refractivity contribution < 1.29 is 41.0 Å². The van der Waals surface area contributed by atoms with Crippen LogP contribution in [-0.4, -0.2) is 72.4 Å². The second-order valence-corrected chi connectivity index (χ2v) is 11.9. The smallest absolute Gasteiger partial charge is 0.373 e. The number of aliphatic hydroxyl groups is 1. The first-order chi connectivity index (χ1) is 28.0. The van der Waals surface area contributed by atoms with Gasteiger partial charge >= 0.3 is 6.15 Å². The van der Waals surface area contributed by atoms with E-state index in [0.29, 0.717) is 62.3 Å². The van der Waals surface area contributed by atoms with Crippen LogP contribution in [0.1, 0.15) is 25.2 Å². The average molecular weight is 805 g/mol. The van der Waals surface area contributed by atoms with Gasteiger partial charge in [-0.3, -0.25) is 0 Å². The van der Waals surface area contributed by atoms with E-state index in [4.69, 9.17) is 9.59 Å². The van der Waals surface area contributed by atoms with Crippen molar-refractivity contribution >= 4 is 17.4 Å². The topological polar surface area (TPSA) is 150 Å². The minimum atomic E-state index is -2.58. The number of aromatic nitrogens is 10. The van der Waals surface area contributed by atoms with E-state index in [0.717, 1.165) is 5.69 Å². The maximum atomic E-state index is 13.3. The molecule has 0 saturated heterocycles. The molecule has 6 heterocycles. The molecule has 6 aromatic heterocycles. The van der Waals surface area contributed by atoms with Crippen molar-refractivity contribution in [1.82, 2.24) is 48.3 Å². The molecule has 8 aromatic rings. The zero-order valence-electron chi connectivity index (χ0n) is 31.0. The lowest BCUT2D eigenvalue weighted by Crippen LogP contribution is -2.09. The van der Waals surface area contributed by atoms with Gasteiger partial charge in [0.05, 0.1) is 78.9 Å². The first kappa shape index (κ1) is 42.2. The Balaban J connectivity index is 0.000000199. The van der Waals surface area contributed by atoms with Gasteiger partial charge in [-0.25, -0.2) is 55.3 Å². The second-order valence-electron chi connectivity index (χ2n) is 11.9. The van der Waals surface area contributed by atoms with Gasteiger partial charge in [-0.2, -0.15) is 19.8 Å². The van der Waals surface area contributed by atoms with Crippen molar-refractivity contribution in [3.05, 3.63) is 121 Å². The third kappa shape index (κ3) is 9.51. The number of aliphatic hydroxyl groups excluding tert-OH is 1. The summed E-state index contributed by atoms with van der Waals surface area (Å²) in [5, 5.41) is 18.4. The van der Waals surface area contributed by atoms with Gasteiger partial charge in [0, 0.05) is 11.1 Å². The van der Waals surface area contributed by atoms with Gasteiger partial charge in [-0.1, -0.05) is 13.8 Å². The summed E-state index contributed by atoms with van der Waals surface area (Å²) in [6.45, 7) is 4.53. The lowest BCUT2D eigenvalue weighted by Gasteiger charge is -2.10. The zero-order valence-corrected chi connectivity index (χ0v) is 31.0. The van der Waals surface area contributed by atoms with Crippen LogP contribution in [0.25, 0.3) is 56.6 Å². The van der Waals surface area contributed by atoms with Crippen LogP contribution in [0.5, 0.6) is 0 Å². The Labute approximate surface area is 325 Å². The number of hydrogen-bond acceptors (Lipinski definition) is 9. The first-order valence-electron chi connectivity index (χ1n) is 17.5. The highest BCUT2D eigenvalue weighted by Gasteiger charge is 2.21. The van der Waals surface area contributed by atoms with Crippen LogP contribution >= 0.6 is 0 Å². The molecule has 19 heteroatoms. The SMILES string of the molecule is CC.Cc1cnc2ccc(-c3c(-c4ccc(F)cc4)ncn3CC(F)F)nn12.O=C=O.OCc1cnc2ccc(-c3c(-c4ccc(F)cc4)ncn3CC(F)F)nn12. The molecule has 8 rings (SSSR count). The predicted molar refractivity (Wildman–Crippen MR) is 198 cm³/mol. The summed E-state index contributed by atoms with van der Waals surface area (Å²) in [4.78, 5) is 33.1. The molecule has 0 aliphatic carbocycles. The molecule has 0 radical (unpaired) electrons. The average Bonchev–Trinajstić information content (AvgIpc) is 4.01. The predicted octanol–water partition coefficient (Wildman–Crippen LogP) is 7.57. The number of aryl methyl sites for hydroxylation is 1. The number of rotatable bonds is 9. The van der Waals surface area contributed by atoms with Crippen LogP contribution in [0, 0.1) is 18.6 Å². The van der Waals surface area contributed by atoms with Crippen molar-refractivity contribution in [3.63, 3.8) is 0 Å². The number of fused-ring (bicyclic) bond motifs is 2. The van der Waals surface area contributed by atoms with Gasteiger partial charge in [0.2, 0.25) is 0 Å². The van der Waals surface area contributed by atoms with Crippen molar-refractivity contribution in [2.75, 3.05) is 0 Å². The Morgan fingerprint density at radius 2 is 1.03 bits per heavy atom. The van der Waals surface area contributed by atoms with Crippen LogP contribution in [0.15, 0.2) is 97.8 Å². The molecule has 58 heavy (non-hydrogen) atoms. The summed E-state index contributed by atoms with van der Waals surface area (Å²) >= 11 is 0. The zero-order chi connectivity index (χ0) is 41.9. The fraction of sp³-hybridized carbons (Fsp3) is 0.205. The monoisotopic (exact) mass is 804 g/mol. The molecule has 0 spiro atoms. The van der Waals surface area contributed by atoms with Crippen molar-refractivity contribution in [2.45, 2.75) is 53.3 Å². The van der Waals surface area contributed by atoms with E-state index in [2.05, 4.69) is 30.1 Å². The van der Waals surface area contributed by atoms with Gasteiger partial charge in [0.15, 0.2) is 11.3 Å². The molecule has 300 valence electrons. The number of imidazole rings is 4. The lowest BCUT2D eigenvalue weighted by atomic mass is 10.1. The molecule has 0 saturated carbocycles. The Kier molecular flexibility index (Phi) is 14.0. The van der Waals surface area contributed by atoms with E-state index >= 15 is 0 Å². The fourth-order valence-corrected chi connectivity index (χ4v) is 5.78. The lowest BCUT2D eigenvalue weighted by molar-refractivity contribution is -0.191. The van der Waals surface area contributed by atoms with Gasteiger partial charge in [0.1, 0.15) is 23.0 Å². The largest absolute Gasteiger partial charge is 0.390 e. The van der Waals surface area contributed by atoms with E-state index in [1.807, 2.05) is 20.8 Å². The number of benzene rings is 2. The number of nitrogens with zero attached hydrogens (tertiary/aromatic N) is 10. The highest BCUT2D eigenvalue weighted by molar-refractivity contribution is 5.78. The first-order valence-corrected chi connectivity index (χ1v) is 17.5. The van der Waals surface area contributed by atoms with Crippen LogP contribution in [-0.2, 0) is 29.3 Å². The van der Waals surface area contributed by atoms with Gasteiger partial charge < -0.3 is 14.2 Å². The van der Waals surface area contributed by atoms with Crippen molar-refractivity contribution in [1.29, 1.82) is 0 Å². The van der Waals surface area contributed by atoms with E-state index in [-0.39, 0.29) is 18.6 Å². The van der Waals surface area contributed by atoms with Gasteiger partial charge in [-0.05, 0) is 79.7 Å². The molecular weight excluding hydrogens is 770 g/mol. The van der Waals surface area contributed by atoms with Crippen molar-refractivity contribution in [2.24, 2.45) is 0 Å². The van der Waals surface area contributed by atoms with Crippen LogP contribution in [0.4, 0.5) is 26.3 Å². The number of halogens is 6. The summed E-state index contributed by atoms with van der Waals surface area (Å²) in [6.07, 6.45) is 0.971. The highest BCUT2D eigenvalue weighted by Crippen LogP contribution is 2.32. The van der Waals surface area contributed by atoms with Crippen LogP contribution < -0.4 is 0 Å². The normalized spacial score (nSPS) is 10.8. The molecule has 0 fully saturated rings. The van der Waals surface area contributed by atoms with E-state index in [9.17, 15) is 31.4 Å². The fourth-order valence-electron chi connectivity index (χ4n) is 5.78. The van der Waals surface area contributed by atoms with Crippen LogP contribution in [0.3, 0.4) is 0 Å². The van der Waals surface area contributed by atoms with Crippen molar-refractivity contribution in [3.8, 4) is 45.3 Å². The highest BCUT2D eigenvalue weighted by atomic mass is 19.3. The van der Waals surface area contributed by atoms with E-state index in [1.165, 1.54) is 68.9 Å². The van der Waals surface area contributed by atoms with Gasteiger partial charge in [-0.15, -0.1) is 0 Å². The Morgan fingerprint density at radius 3 is 1.47 bits per heavy atom. The molecule has 0 unspecified atom stereocenters. The van der Waals surface area contributed by atoms with E-state index < -0.39 is 31.8 Å². The molecule has 0 bridgehead atoms. The maximum Gasteiger partial charge on any atom is 0.373 e. The summed E-state index contributed by atoms with van der Waals surface area (Å²) in [5.74, 6) is -0.784. The molecule has 2 aromatic carbocycles. The quantitative estimate of drug-likeness (QED) is 0.146. The van der Waals surface area contributed by atoms with Crippen LogP contribution in [0.2, 0.25) is 0 Å². The summed E-state index contributed by atoms with van der Waals surface area (Å²) in [5.41, 5.74) is 6.24. The molecule has 0 aliphatic heterocycles. The number of hydrogen-bond donors (Lipinski definition) is 1. The number of alkyl halides is 4. The Bertz CT molecular complexity index is 2610. The Morgan fingerprint density at radius 1 is 0.621 bits per heavy atom. The Hall–Kier alpha value is -6.98. The minimum Gasteiger partial charge on any atom is -0.390 e. The third-order valence-electron chi connectivity index (χ3n) is 8.19. The molecule has 0 atom stereocenters. The standard InChI is InChI=1S/C18H14F3N5O.C18H14F3N5.C2H6.CO2/c19-12-3-1-11(2-4-12)17-18(25(10-23-17)8-15(20)21)14-5-6-16-22-7-13(9-27)26(16)24-14;1-11-8-22-16-7-6-14(24-26(11)16)18-17(12-2-4-13(19)5-3-12)23-10-25(18)9-15(20)21;1-2;2-1-3/h1-7,10,15,27H,8-9H2;2-8,10,15H,9H2,1H3;1-2H3;. The molecule has 0 aliphatic rings.